The molecule has 158 valence electrons. The van der Waals surface area contributed by atoms with Crippen molar-refractivity contribution in [3.05, 3.63) is 77.5 Å². The molecule has 0 bridgehead atoms. The van der Waals surface area contributed by atoms with E-state index >= 15 is 0 Å². The molecule has 1 aromatic heterocycles. The average molecular weight is 414 g/mol. The van der Waals surface area contributed by atoms with Crippen molar-refractivity contribution in [2.24, 2.45) is 0 Å². The van der Waals surface area contributed by atoms with E-state index in [0.29, 0.717) is 17.8 Å². The average Bonchev–Trinajstić information content (AvgIpc) is 2.84. The first-order valence-corrected chi connectivity index (χ1v) is 10.9. The lowest BCUT2D eigenvalue weighted by molar-refractivity contribution is 0.0963. The molecule has 1 aliphatic heterocycles. The summed E-state index contributed by atoms with van der Waals surface area (Å²) in [7, 11) is 1.83. The number of nitrogens with one attached hydrogen (secondary N) is 1. The lowest BCUT2D eigenvalue weighted by Crippen LogP contribution is -2.47. The number of nitrogens with zero attached hydrogens (tertiary/aromatic N) is 4. The van der Waals surface area contributed by atoms with Crippen LogP contribution < -0.4 is 15.1 Å². The summed E-state index contributed by atoms with van der Waals surface area (Å²) in [4.78, 5) is 27.3. The van der Waals surface area contributed by atoms with Crippen molar-refractivity contribution in [1.82, 2.24) is 9.97 Å². The van der Waals surface area contributed by atoms with E-state index in [1.807, 2.05) is 31.3 Å². The number of piperazine rings is 1. The standard InChI is InChI=1S/C25H27N5O/c1-26-24-23-21(16-19(17-22(23)31)18-8-4-2-5-9-18)27-25(28-24)30-14-12-29(13-15-30)20-10-6-3-7-11-20/h2-11,19H,12-17H2,1H3,(H,26,27,28)/t19-/m0/s1. The molecule has 2 heterocycles. The van der Waals surface area contributed by atoms with E-state index in [1.165, 1.54) is 11.3 Å². The number of fused-ring (bicyclic) bond motifs is 1. The van der Waals surface area contributed by atoms with Crippen molar-refractivity contribution in [1.29, 1.82) is 0 Å². The summed E-state index contributed by atoms with van der Waals surface area (Å²) in [5, 5.41) is 3.15. The number of para-hydroxylation sites is 1. The van der Waals surface area contributed by atoms with Crippen molar-refractivity contribution < 1.29 is 4.79 Å². The Hall–Kier alpha value is -3.41. The Morgan fingerprint density at radius 2 is 1.48 bits per heavy atom. The van der Waals surface area contributed by atoms with Gasteiger partial charge in [0.05, 0.1) is 11.3 Å². The zero-order valence-electron chi connectivity index (χ0n) is 17.8. The van der Waals surface area contributed by atoms with E-state index in [1.54, 1.807) is 0 Å². The number of carbonyl (C=O) groups excluding carboxylic acids is 1. The van der Waals surface area contributed by atoms with Crippen molar-refractivity contribution in [2.45, 2.75) is 18.8 Å². The fourth-order valence-electron chi connectivity index (χ4n) is 4.65. The molecule has 1 fully saturated rings. The highest BCUT2D eigenvalue weighted by molar-refractivity contribution is 6.03. The number of hydrogen-bond donors (Lipinski definition) is 1. The highest BCUT2D eigenvalue weighted by Gasteiger charge is 2.32. The molecule has 0 saturated carbocycles. The van der Waals surface area contributed by atoms with E-state index in [-0.39, 0.29) is 11.7 Å². The minimum Gasteiger partial charge on any atom is -0.372 e. The number of rotatable bonds is 4. The molecule has 0 amide bonds. The van der Waals surface area contributed by atoms with Crippen molar-refractivity contribution in [3.8, 4) is 0 Å². The van der Waals surface area contributed by atoms with Crippen molar-refractivity contribution in [2.75, 3.05) is 48.3 Å². The maximum Gasteiger partial charge on any atom is 0.227 e. The Labute approximate surface area is 182 Å². The van der Waals surface area contributed by atoms with Crippen LogP contribution in [0.4, 0.5) is 17.5 Å². The number of hydrogen-bond acceptors (Lipinski definition) is 6. The van der Waals surface area contributed by atoms with Gasteiger partial charge in [-0.15, -0.1) is 0 Å². The smallest absolute Gasteiger partial charge is 0.227 e. The number of carbonyl (C=O) groups is 1. The van der Waals surface area contributed by atoms with Crippen LogP contribution in [0, 0.1) is 0 Å². The molecule has 3 aromatic rings. The maximum absolute atomic E-state index is 13.0. The fourth-order valence-corrected chi connectivity index (χ4v) is 4.65. The molecule has 0 spiro atoms. The topological polar surface area (TPSA) is 61.4 Å². The molecule has 1 aliphatic carbocycles. The second-order valence-electron chi connectivity index (χ2n) is 8.19. The van der Waals surface area contributed by atoms with Gasteiger partial charge in [-0.25, -0.2) is 4.98 Å². The fraction of sp³-hybridized carbons (Fsp3) is 0.320. The van der Waals surface area contributed by atoms with Gasteiger partial charge in [0.15, 0.2) is 5.78 Å². The summed E-state index contributed by atoms with van der Waals surface area (Å²) in [5.41, 5.74) is 3.98. The molecule has 2 aromatic carbocycles. The van der Waals surface area contributed by atoms with Crippen LogP contribution in [0.2, 0.25) is 0 Å². The molecule has 1 N–H and O–H groups in total. The molecule has 0 unspecified atom stereocenters. The van der Waals surface area contributed by atoms with Gasteiger partial charge in [0.2, 0.25) is 5.95 Å². The number of benzene rings is 2. The summed E-state index contributed by atoms with van der Waals surface area (Å²) in [6.45, 7) is 3.55. The minimum atomic E-state index is 0.125. The van der Waals surface area contributed by atoms with Gasteiger partial charge in [0.1, 0.15) is 5.82 Å². The van der Waals surface area contributed by atoms with Crippen LogP contribution in [0.15, 0.2) is 60.7 Å². The molecular weight excluding hydrogens is 386 g/mol. The second-order valence-corrected chi connectivity index (χ2v) is 8.19. The Balaban J connectivity index is 1.40. The summed E-state index contributed by atoms with van der Waals surface area (Å²) in [6.07, 6.45) is 1.27. The largest absolute Gasteiger partial charge is 0.372 e. The van der Waals surface area contributed by atoms with Gasteiger partial charge in [-0.1, -0.05) is 48.5 Å². The summed E-state index contributed by atoms with van der Waals surface area (Å²) >= 11 is 0. The van der Waals surface area contributed by atoms with Gasteiger partial charge in [-0.05, 0) is 30.0 Å². The first-order chi connectivity index (χ1) is 15.2. The predicted octanol–water partition coefficient (Wildman–Crippen LogP) is 3.76. The van der Waals surface area contributed by atoms with Crippen LogP contribution in [-0.2, 0) is 6.42 Å². The molecule has 1 saturated heterocycles. The summed E-state index contributed by atoms with van der Waals surface area (Å²) < 4.78 is 0. The van der Waals surface area contributed by atoms with Gasteiger partial charge >= 0.3 is 0 Å². The van der Waals surface area contributed by atoms with Gasteiger partial charge in [-0.2, -0.15) is 4.98 Å². The lowest BCUT2D eigenvalue weighted by Gasteiger charge is -2.36. The maximum atomic E-state index is 13.0. The molecule has 0 radical (unpaired) electrons. The monoisotopic (exact) mass is 413 g/mol. The second kappa shape index (κ2) is 8.38. The van der Waals surface area contributed by atoms with E-state index in [2.05, 4.69) is 51.5 Å². The molecule has 6 nitrogen and oxygen atoms in total. The minimum absolute atomic E-state index is 0.125. The van der Waals surface area contributed by atoms with E-state index in [0.717, 1.165) is 44.2 Å². The van der Waals surface area contributed by atoms with Crippen molar-refractivity contribution >= 4 is 23.2 Å². The molecular formula is C25H27N5O. The highest BCUT2D eigenvalue weighted by atomic mass is 16.1. The van der Waals surface area contributed by atoms with Crippen LogP contribution in [-0.4, -0.2) is 49.0 Å². The highest BCUT2D eigenvalue weighted by Crippen LogP contribution is 2.35. The van der Waals surface area contributed by atoms with E-state index < -0.39 is 0 Å². The van der Waals surface area contributed by atoms with Crippen LogP contribution in [0.3, 0.4) is 0 Å². The van der Waals surface area contributed by atoms with Crippen LogP contribution >= 0.6 is 0 Å². The third-order valence-corrected chi connectivity index (χ3v) is 6.31. The molecule has 2 aliphatic rings. The van der Waals surface area contributed by atoms with Gasteiger partial charge in [0, 0.05) is 45.3 Å². The Morgan fingerprint density at radius 3 is 2.16 bits per heavy atom. The number of ketones is 1. The first-order valence-electron chi connectivity index (χ1n) is 10.9. The van der Waals surface area contributed by atoms with E-state index in [4.69, 9.17) is 9.97 Å². The first kappa shape index (κ1) is 19.5. The summed E-state index contributed by atoms with van der Waals surface area (Å²) in [6, 6.07) is 20.8. The SMILES string of the molecule is CNc1nc(N2CCN(c3ccccc3)CC2)nc2c1C(=O)C[C@@H](c1ccccc1)C2. The molecule has 6 heteroatoms. The van der Waals surface area contributed by atoms with Crippen LogP contribution in [0.1, 0.15) is 34.0 Å². The number of anilines is 3. The third kappa shape index (κ3) is 3.85. The van der Waals surface area contributed by atoms with Gasteiger partial charge < -0.3 is 15.1 Å². The molecule has 5 rings (SSSR count). The third-order valence-electron chi connectivity index (χ3n) is 6.31. The van der Waals surface area contributed by atoms with Crippen molar-refractivity contribution in [3.63, 3.8) is 0 Å². The molecule has 31 heavy (non-hydrogen) atoms. The van der Waals surface area contributed by atoms with Gasteiger partial charge in [0.25, 0.3) is 0 Å². The van der Waals surface area contributed by atoms with Gasteiger partial charge in [-0.3, -0.25) is 4.79 Å². The quantitative estimate of drug-likeness (QED) is 0.703. The lowest BCUT2D eigenvalue weighted by atomic mass is 9.82. The molecule has 1 atom stereocenters. The normalized spacial score (nSPS) is 18.6. The number of Topliss-reactive ketones (excluding diaryl/α,β-unsaturated/α-hetero) is 1. The number of aromatic nitrogens is 2. The van der Waals surface area contributed by atoms with E-state index in [9.17, 15) is 4.79 Å². The zero-order valence-corrected chi connectivity index (χ0v) is 17.8. The van der Waals surface area contributed by atoms with Crippen LogP contribution in [0.5, 0.6) is 0 Å². The Bertz CT molecular complexity index is 1060. The zero-order chi connectivity index (χ0) is 21.2. The predicted molar refractivity (Wildman–Crippen MR) is 124 cm³/mol. The summed E-state index contributed by atoms with van der Waals surface area (Å²) in [5.74, 6) is 1.67. The Kier molecular flexibility index (Phi) is 5.28. The van der Waals surface area contributed by atoms with Crippen LogP contribution in [0.25, 0.3) is 0 Å². The Morgan fingerprint density at radius 1 is 0.839 bits per heavy atom.